The molecule has 88 valence electrons. The zero-order valence-corrected chi connectivity index (χ0v) is 9.79. The van der Waals surface area contributed by atoms with Crippen LogP contribution in [0.15, 0.2) is 0 Å². The summed E-state index contributed by atoms with van der Waals surface area (Å²) < 4.78 is 30.1. The SMILES string of the molecule is CS(=O)(=O)N1CCO[C@@H]2CNCC[C@@H]2C1. The van der Waals surface area contributed by atoms with Gasteiger partial charge in [-0.2, -0.15) is 4.31 Å². The molecule has 2 aliphatic heterocycles. The molecule has 2 aliphatic rings. The number of sulfonamides is 1. The third kappa shape index (κ3) is 2.69. The highest BCUT2D eigenvalue weighted by Crippen LogP contribution is 2.21. The maximum absolute atomic E-state index is 11.5. The first kappa shape index (κ1) is 11.3. The Morgan fingerprint density at radius 2 is 2.27 bits per heavy atom. The van der Waals surface area contributed by atoms with Crippen molar-refractivity contribution in [2.24, 2.45) is 5.92 Å². The summed E-state index contributed by atoms with van der Waals surface area (Å²) in [5, 5.41) is 3.27. The maximum atomic E-state index is 11.5. The van der Waals surface area contributed by atoms with Gasteiger partial charge in [-0.1, -0.05) is 0 Å². The van der Waals surface area contributed by atoms with Crippen molar-refractivity contribution in [2.45, 2.75) is 12.5 Å². The first-order valence-corrected chi connectivity index (χ1v) is 7.19. The van der Waals surface area contributed by atoms with Crippen LogP contribution in [-0.4, -0.2) is 57.9 Å². The molecule has 0 aromatic rings. The lowest BCUT2D eigenvalue weighted by molar-refractivity contribution is 0.0179. The van der Waals surface area contributed by atoms with E-state index in [0.717, 1.165) is 19.5 Å². The Morgan fingerprint density at radius 1 is 1.47 bits per heavy atom. The smallest absolute Gasteiger partial charge is 0.211 e. The average molecular weight is 234 g/mol. The Labute approximate surface area is 90.8 Å². The minimum atomic E-state index is -3.07. The number of fused-ring (bicyclic) bond motifs is 1. The summed E-state index contributed by atoms with van der Waals surface area (Å²) in [6, 6.07) is 0. The molecule has 0 unspecified atom stereocenters. The number of rotatable bonds is 1. The molecule has 2 heterocycles. The highest BCUT2D eigenvalue weighted by atomic mass is 32.2. The van der Waals surface area contributed by atoms with Gasteiger partial charge in [0.25, 0.3) is 0 Å². The lowest BCUT2D eigenvalue weighted by atomic mass is 9.95. The van der Waals surface area contributed by atoms with Gasteiger partial charge in [0, 0.05) is 25.6 Å². The summed E-state index contributed by atoms with van der Waals surface area (Å²) in [4.78, 5) is 0. The summed E-state index contributed by atoms with van der Waals surface area (Å²) in [6.45, 7) is 3.43. The molecule has 0 aromatic carbocycles. The van der Waals surface area contributed by atoms with Gasteiger partial charge in [0.1, 0.15) is 0 Å². The Hall–Kier alpha value is -0.170. The molecule has 1 N–H and O–H groups in total. The first-order valence-electron chi connectivity index (χ1n) is 5.35. The highest BCUT2D eigenvalue weighted by molar-refractivity contribution is 7.88. The summed E-state index contributed by atoms with van der Waals surface area (Å²) in [5.41, 5.74) is 0. The molecule has 5 nitrogen and oxygen atoms in total. The summed E-state index contributed by atoms with van der Waals surface area (Å²) in [7, 11) is -3.07. The fraction of sp³-hybridized carbons (Fsp3) is 1.00. The normalized spacial score (nSPS) is 34.5. The van der Waals surface area contributed by atoms with E-state index in [0.29, 0.717) is 25.6 Å². The van der Waals surface area contributed by atoms with Crippen molar-refractivity contribution in [1.29, 1.82) is 0 Å². The van der Waals surface area contributed by atoms with E-state index >= 15 is 0 Å². The van der Waals surface area contributed by atoms with Gasteiger partial charge < -0.3 is 10.1 Å². The molecule has 15 heavy (non-hydrogen) atoms. The largest absolute Gasteiger partial charge is 0.375 e. The molecule has 2 atom stereocenters. The maximum Gasteiger partial charge on any atom is 0.211 e. The molecular formula is C9H18N2O3S. The molecule has 0 bridgehead atoms. The van der Waals surface area contributed by atoms with Gasteiger partial charge >= 0.3 is 0 Å². The molecule has 6 heteroatoms. The second-order valence-electron chi connectivity index (χ2n) is 4.28. The highest BCUT2D eigenvalue weighted by Gasteiger charge is 2.32. The Kier molecular flexibility index (Phi) is 3.30. The zero-order valence-electron chi connectivity index (χ0n) is 8.98. The molecule has 2 rings (SSSR count). The van der Waals surface area contributed by atoms with Crippen molar-refractivity contribution in [1.82, 2.24) is 9.62 Å². The molecule has 0 aliphatic carbocycles. The van der Waals surface area contributed by atoms with E-state index in [-0.39, 0.29) is 6.10 Å². The van der Waals surface area contributed by atoms with Gasteiger partial charge in [0.15, 0.2) is 0 Å². The molecule has 0 amide bonds. The summed E-state index contributed by atoms with van der Waals surface area (Å²) in [6.07, 6.45) is 2.45. The number of nitrogens with one attached hydrogen (secondary N) is 1. The summed E-state index contributed by atoms with van der Waals surface area (Å²) in [5.74, 6) is 0.350. The van der Waals surface area contributed by atoms with E-state index in [1.165, 1.54) is 6.26 Å². The molecular weight excluding hydrogens is 216 g/mol. The molecule has 2 saturated heterocycles. The monoisotopic (exact) mass is 234 g/mol. The second kappa shape index (κ2) is 4.37. The fourth-order valence-corrected chi connectivity index (χ4v) is 3.12. The van der Waals surface area contributed by atoms with Crippen LogP contribution < -0.4 is 5.32 Å². The fourth-order valence-electron chi connectivity index (χ4n) is 2.25. The van der Waals surface area contributed by atoms with Crippen molar-refractivity contribution in [3.8, 4) is 0 Å². The van der Waals surface area contributed by atoms with Gasteiger partial charge in [-0.25, -0.2) is 8.42 Å². The van der Waals surface area contributed by atoms with E-state index < -0.39 is 10.0 Å². The van der Waals surface area contributed by atoms with Gasteiger partial charge in [0.2, 0.25) is 10.0 Å². The predicted molar refractivity (Wildman–Crippen MR) is 57.1 cm³/mol. The van der Waals surface area contributed by atoms with Crippen LogP contribution in [-0.2, 0) is 14.8 Å². The minimum absolute atomic E-state index is 0.186. The molecule has 0 radical (unpaired) electrons. The van der Waals surface area contributed by atoms with Gasteiger partial charge in [-0.05, 0) is 13.0 Å². The summed E-state index contributed by atoms with van der Waals surface area (Å²) >= 11 is 0. The van der Waals surface area contributed by atoms with Crippen LogP contribution >= 0.6 is 0 Å². The standard InChI is InChI=1S/C9H18N2O3S/c1-15(12,13)11-4-5-14-9-6-10-3-2-8(9)7-11/h8-10H,2-7H2,1H3/t8-,9-/m1/s1. The number of piperidine rings is 1. The van der Waals surface area contributed by atoms with Crippen molar-refractivity contribution < 1.29 is 13.2 Å². The lowest BCUT2D eigenvalue weighted by Crippen LogP contribution is -2.45. The van der Waals surface area contributed by atoms with E-state index in [2.05, 4.69) is 5.32 Å². The molecule has 0 saturated carbocycles. The number of ether oxygens (including phenoxy) is 1. The van der Waals surface area contributed by atoms with Crippen molar-refractivity contribution >= 4 is 10.0 Å². The Balaban J connectivity index is 2.08. The van der Waals surface area contributed by atoms with E-state index in [9.17, 15) is 8.42 Å². The van der Waals surface area contributed by atoms with Crippen molar-refractivity contribution in [3.63, 3.8) is 0 Å². The predicted octanol–water partition coefficient (Wildman–Crippen LogP) is -0.744. The topological polar surface area (TPSA) is 58.6 Å². The van der Waals surface area contributed by atoms with Gasteiger partial charge in [0.05, 0.1) is 19.0 Å². The van der Waals surface area contributed by atoms with Gasteiger partial charge in [-0.3, -0.25) is 0 Å². The third-order valence-electron chi connectivity index (χ3n) is 3.14. The minimum Gasteiger partial charge on any atom is -0.375 e. The Morgan fingerprint density at radius 3 is 3.00 bits per heavy atom. The molecule has 0 aromatic heterocycles. The van der Waals surface area contributed by atoms with Crippen LogP contribution in [0.5, 0.6) is 0 Å². The number of hydrogen-bond donors (Lipinski definition) is 1. The Bertz CT molecular complexity index is 317. The van der Waals surface area contributed by atoms with Crippen LogP contribution in [0.2, 0.25) is 0 Å². The third-order valence-corrected chi connectivity index (χ3v) is 4.41. The zero-order chi connectivity index (χ0) is 10.9. The lowest BCUT2D eigenvalue weighted by Gasteiger charge is -2.31. The molecule has 2 fully saturated rings. The van der Waals surface area contributed by atoms with E-state index in [4.69, 9.17) is 4.74 Å². The first-order chi connectivity index (χ1) is 7.07. The van der Waals surface area contributed by atoms with Crippen LogP contribution in [0.25, 0.3) is 0 Å². The van der Waals surface area contributed by atoms with Crippen LogP contribution in [0, 0.1) is 5.92 Å². The average Bonchev–Trinajstić information content (AvgIpc) is 2.38. The second-order valence-corrected chi connectivity index (χ2v) is 6.27. The molecule has 0 spiro atoms. The van der Waals surface area contributed by atoms with Crippen LogP contribution in [0.1, 0.15) is 6.42 Å². The van der Waals surface area contributed by atoms with E-state index in [1.54, 1.807) is 4.31 Å². The number of hydrogen-bond acceptors (Lipinski definition) is 4. The van der Waals surface area contributed by atoms with Crippen molar-refractivity contribution in [3.05, 3.63) is 0 Å². The van der Waals surface area contributed by atoms with Crippen molar-refractivity contribution in [2.75, 3.05) is 39.0 Å². The quantitative estimate of drug-likeness (QED) is 0.649. The number of nitrogens with zero attached hydrogens (tertiary/aromatic N) is 1. The van der Waals surface area contributed by atoms with Crippen LogP contribution in [0.3, 0.4) is 0 Å². The van der Waals surface area contributed by atoms with Gasteiger partial charge in [-0.15, -0.1) is 0 Å². The van der Waals surface area contributed by atoms with E-state index in [1.807, 2.05) is 0 Å². The van der Waals surface area contributed by atoms with Crippen LogP contribution in [0.4, 0.5) is 0 Å².